The maximum Gasteiger partial charge on any atom is 0.337 e. The molecule has 0 bridgehead atoms. The summed E-state index contributed by atoms with van der Waals surface area (Å²) in [5.41, 5.74) is 1.48. The summed E-state index contributed by atoms with van der Waals surface area (Å²) in [7, 11) is 1.25. The van der Waals surface area contributed by atoms with Crippen LogP contribution in [0.15, 0.2) is 23.0 Å². The Morgan fingerprint density at radius 2 is 1.96 bits per heavy atom. The van der Waals surface area contributed by atoms with Crippen molar-refractivity contribution >= 4 is 5.97 Å². The van der Waals surface area contributed by atoms with Gasteiger partial charge in [-0.15, -0.1) is 0 Å². The third-order valence-electron chi connectivity index (χ3n) is 5.18. The molecule has 3 rings (SSSR count). The second-order valence-corrected chi connectivity index (χ2v) is 6.67. The predicted molar refractivity (Wildman–Crippen MR) is 86.7 cm³/mol. The van der Waals surface area contributed by atoms with E-state index >= 15 is 0 Å². The fraction of sp³-hybridized carbons (Fsp3) is 0.706. The first kappa shape index (κ1) is 20.2. The standard InChI is InChI=1S/C17H24O10/c1-24-15(23)9-6-25-16(11-7(4-18)2-3-8(9)11)27-17-14(22)13(21)12(20)10(5-19)26-17/h6,8,10,12-14,16-22H,2-5H2,1H3/t8-,10+,12+,13-,14+,16-,17-/m0/s1. The molecule has 0 amide bonds. The summed E-state index contributed by atoms with van der Waals surface area (Å²) in [6, 6.07) is 0. The van der Waals surface area contributed by atoms with Crippen LogP contribution in [0.5, 0.6) is 0 Å². The second-order valence-electron chi connectivity index (χ2n) is 6.67. The summed E-state index contributed by atoms with van der Waals surface area (Å²) in [5, 5.41) is 48.8. The topological polar surface area (TPSA) is 155 Å². The molecule has 1 fully saturated rings. The molecule has 0 aromatic rings. The Balaban J connectivity index is 1.84. The fourth-order valence-electron chi connectivity index (χ4n) is 3.69. The van der Waals surface area contributed by atoms with Gasteiger partial charge in [0, 0.05) is 11.5 Å². The van der Waals surface area contributed by atoms with Crippen molar-refractivity contribution in [2.24, 2.45) is 5.92 Å². The van der Waals surface area contributed by atoms with E-state index in [1.54, 1.807) is 0 Å². The lowest BCUT2D eigenvalue weighted by Gasteiger charge is -2.41. The SMILES string of the molecule is COC(=O)C1=CO[C@@H](O[C@@H]2O[C@H](CO)[C@@H](O)[C@H](O)[C@H]2O)C2=C(CO)CC[C@@H]12. The zero-order valence-corrected chi connectivity index (χ0v) is 14.7. The average Bonchev–Trinajstić information content (AvgIpc) is 3.12. The lowest BCUT2D eigenvalue weighted by atomic mass is 9.90. The van der Waals surface area contributed by atoms with Crippen molar-refractivity contribution in [3.63, 3.8) is 0 Å². The highest BCUT2D eigenvalue weighted by Gasteiger charge is 2.47. The Kier molecular flexibility index (Phi) is 6.16. The molecule has 2 aliphatic heterocycles. The van der Waals surface area contributed by atoms with Crippen LogP contribution < -0.4 is 0 Å². The Morgan fingerprint density at radius 1 is 1.22 bits per heavy atom. The summed E-state index contributed by atoms with van der Waals surface area (Å²) >= 11 is 0. The van der Waals surface area contributed by atoms with E-state index in [1.807, 2.05) is 0 Å². The van der Waals surface area contributed by atoms with Crippen molar-refractivity contribution in [3.8, 4) is 0 Å². The van der Waals surface area contributed by atoms with E-state index < -0.39 is 49.6 Å². The van der Waals surface area contributed by atoms with Crippen LogP contribution in [0.2, 0.25) is 0 Å². The van der Waals surface area contributed by atoms with Gasteiger partial charge in [0.2, 0.25) is 6.29 Å². The lowest BCUT2D eigenvalue weighted by Crippen LogP contribution is -2.60. The molecular weight excluding hydrogens is 364 g/mol. The third-order valence-corrected chi connectivity index (χ3v) is 5.18. The number of ether oxygens (including phenoxy) is 4. The highest BCUT2D eigenvalue weighted by molar-refractivity contribution is 5.89. The number of hydrogen-bond donors (Lipinski definition) is 5. The number of carbonyl (C=O) groups excluding carboxylic acids is 1. The molecule has 1 saturated heterocycles. The van der Waals surface area contributed by atoms with E-state index in [4.69, 9.17) is 18.9 Å². The first-order valence-corrected chi connectivity index (χ1v) is 8.65. The first-order chi connectivity index (χ1) is 12.9. The molecule has 27 heavy (non-hydrogen) atoms. The minimum absolute atomic E-state index is 0.252. The van der Waals surface area contributed by atoms with Gasteiger partial charge in [-0.1, -0.05) is 0 Å². The zero-order chi connectivity index (χ0) is 19.7. The van der Waals surface area contributed by atoms with Gasteiger partial charge in [0.25, 0.3) is 0 Å². The first-order valence-electron chi connectivity index (χ1n) is 8.65. The van der Waals surface area contributed by atoms with E-state index in [-0.39, 0.29) is 12.5 Å². The predicted octanol–water partition coefficient (Wildman–Crippen LogP) is -2.08. The van der Waals surface area contributed by atoms with E-state index in [2.05, 4.69) is 0 Å². The van der Waals surface area contributed by atoms with Crippen molar-refractivity contribution in [1.29, 1.82) is 0 Å². The van der Waals surface area contributed by atoms with Crippen molar-refractivity contribution in [3.05, 3.63) is 23.0 Å². The van der Waals surface area contributed by atoms with Gasteiger partial charge >= 0.3 is 5.97 Å². The largest absolute Gasteiger partial charge is 0.468 e. The number of fused-ring (bicyclic) bond motifs is 1. The van der Waals surface area contributed by atoms with Gasteiger partial charge in [-0.05, 0) is 18.4 Å². The molecule has 0 aromatic heterocycles. The molecule has 1 aliphatic carbocycles. The van der Waals surface area contributed by atoms with Crippen molar-refractivity contribution in [2.75, 3.05) is 20.3 Å². The van der Waals surface area contributed by atoms with Crippen molar-refractivity contribution in [2.45, 2.75) is 49.8 Å². The lowest BCUT2D eigenvalue weighted by molar-refractivity contribution is -0.327. The summed E-state index contributed by atoms with van der Waals surface area (Å²) in [6.07, 6.45) is -5.96. The molecule has 0 saturated carbocycles. The molecule has 152 valence electrons. The van der Waals surface area contributed by atoms with Gasteiger partial charge < -0.3 is 44.5 Å². The molecular formula is C17H24O10. The molecule has 0 unspecified atom stereocenters. The Bertz CT molecular complexity index is 627. The highest BCUT2D eigenvalue weighted by Crippen LogP contribution is 2.43. The third kappa shape index (κ3) is 3.61. The Hall–Kier alpha value is -1.53. The molecule has 5 N–H and O–H groups in total. The van der Waals surface area contributed by atoms with E-state index in [0.717, 1.165) is 0 Å². The number of methoxy groups -OCH3 is 1. The summed E-state index contributed by atoms with van der Waals surface area (Å²) in [6.45, 7) is -0.839. The molecule has 7 atom stereocenters. The molecule has 10 heteroatoms. The van der Waals surface area contributed by atoms with Gasteiger partial charge in [0.15, 0.2) is 6.29 Å². The van der Waals surface area contributed by atoms with Crippen LogP contribution in [0.3, 0.4) is 0 Å². The number of aliphatic hydroxyl groups is 5. The average molecular weight is 388 g/mol. The molecule has 10 nitrogen and oxygen atoms in total. The molecule has 0 radical (unpaired) electrons. The van der Waals surface area contributed by atoms with Gasteiger partial charge in [-0.2, -0.15) is 0 Å². The zero-order valence-electron chi connectivity index (χ0n) is 14.7. The molecule has 0 spiro atoms. The molecule has 2 heterocycles. The number of esters is 1. The van der Waals surface area contributed by atoms with Gasteiger partial charge in [-0.25, -0.2) is 4.79 Å². The van der Waals surface area contributed by atoms with Crippen LogP contribution in [0.4, 0.5) is 0 Å². The van der Waals surface area contributed by atoms with Gasteiger partial charge in [0.1, 0.15) is 24.4 Å². The number of carbonyl (C=O) groups is 1. The number of aliphatic hydroxyl groups excluding tert-OH is 5. The Labute approximate surface area is 155 Å². The summed E-state index contributed by atoms with van der Waals surface area (Å²) in [4.78, 5) is 12.0. The van der Waals surface area contributed by atoms with Crippen LogP contribution >= 0.6 is 0 Å². The highest BCUT2D eigenvalue weighted by atomic mass is 16.8. The quantitative estimate of drug-likeness (QED) is 0.262. The monoisotopic (exact) mass is 388 g/mol. The Morgan fingerprint density at radius 3 is 2.59 bits per heavy atom. The maximum absolute atomic E-state index is 12.0. The smallest absolute Gasteiger partial charge is 0.337 e. The fourth-order valence-corrected chi connectivity index (χ4v) is 3.69. The van der Waals surface area contributed by atoms with Crippen molar-refractivity contribution < 1.29 is 49.3 Å². The minimum atomic E-state index is -1.59. The summed E-state index contributed by atoms with van der Waals surface area (Å²) < 4.78 is 21.2. The van der Waals surface area contributed by atoms with Crippen LogP contribution in [0.1, 0.15) is 12.8 Å². The van der Waals surface area contributed by atoms with Crippen LogP contribution in [0.25, 0.3) is 0 Å². The number of rotatable bonds is 5. The summed E-state index contributed by atoms with van der Waals surface area (Å²) in [5.74, 6) is -0.925. The van der Waals surface area contributed by atoms with Gasteiger partial charge in [-0.3, -0.25) is 0 Å². The minimum Gasteiger partial charge on any atom is -0.468 e. The van der Waals surface area contributed by atoms with Crippen LogP contribution in [-0.2, 0) is 23.7 Å². The second kappa shape index (κ2) is 8.23. The molecule has 0 aromatic carbocycles. The van der Waals surface area contributed by atoms with Crippen LogP contribution in [-0.4, -0.2) is 88.8 Å². The maximum atomic E-state index is 12.0. The number of hydrogen-bond acceptors (Lipinski definition) is 10. The van der Waals surface area contributed by atoms with E-state index in [0.29, 0.717) is 29.6 Å². The van der Waals surface area contributed by atoms with E-state index in [1.165, 1.54) is 13.4 Å². The molecule has 3 aliphatic rings. The van der Waals surface area contributed by atoms with Crippen molar-refractivity contribution in [1.82, 2.24) is 0 Å². The van der Waals surface area contributed by atoms with Gasteiger partial charge in [0.05, 0.1) is 32.2 Å². The normalized spacial score (nSPS) is 38.9. The van der Waals surface area contributed by atoms with E-state index in [9.17, 15) is 30.3 Å². The van der Waals surface area contributed by atoms with Crippen LogP contribution in [0, 0.1) is 5.92 Å².